The van der Waals surface area contributed by atoms with Gasteiger partial charge in [0.25, 0.3) is 0 Å². The second-order valence-corrected chi connectivity index (χ2v) is 6.49. The van der Waals surface area contributed by atoms with E-state index in [1.807, 2.05) is 0 Å². The highest BCUT2D eigenvalue weighted by Gasteiger charge is 2.37. The molecule has 108 valence electrons. The Labute approximate surface area is 116 Å². The van der Waals surface area contributed by atoms with Gasteiger partial charge in [0.2, 0.25) is 5.91 Å². The zero-order valence-electron chi connectivity index (χ0n) is 12.1. The van der Waals surface area contributed by atoms with Crippen LogP contribution in [0.25, 0.3) is 0 Å². The highest BCUT2D eigenvalue weighted by atomic mass is 16.2. The van der Waals surface area contributed by atoms with Crippen LogP contribution in [-0.2, 0) is 4.79 Å². The predicted molar refractivity (Wildman–Crippen MR) is 76.0 cm³/mol. The second-order valence-electron chi connectivity index (χ2n) is 6.49. The normalized spacial score (nSPS) is 36.9. The van der Waals surface area contributed by atoms with Gasteiger partial charge in [-0.3, -0.25) is 9.69 Å². The SMILES string of the molecule is CC1CN2CCCCC2CN1C(=O)[C@H]1CCCCN1. The summed E-state index contributed by atoms with van der Waals surface area (Å²) in [6, 6.07) is 1.09. The molecular formula is C15H27N3O. The molecule has 3 fully saturated rings. The summed E-state index contributed by atoms with van der Waals surface area (Å²) in [7, 11) is 0. The molecule has 19 heavy (non-hydrogen) atoms. The molecule has 3 rings (SSSR count). The summed E-state index contributed by atoms with van der Waals surface area (Å²) >= 11 is 0. The van der Waals surface area contributed by atoms with Crippen molar-refractivity contribution in [1.82, 2.24) is 15.1 Å². The number of fused-ring (bicyclic) bond motifs is 1. The molecule has 0 radical (unpaired) electrons. The predicted octanol–water partition coefficient (Wildman–Crippen LogP) is 1.21. The first-order valence-electron chi connectivity index (χ1n) is 8.03. The lowest BCUT2D eigenvalue weighted by Gasteiger charge is -2.48. The highest BCUT2D eigenvalue weighted by Crippen LogP contribution is 2.25. The van der Waals surface area contributed by atoms with Crippen molar-refractivity contribution in [3.63, 3.8) is 0 Å². The fourth-order valence-electron chi connectivity index (χ4n) is 3.92. The molecular weight excluding hydrogens is 238 g/mol. The Morgan fingerprint density at radius 1 is 1.11 bits per heavy atom. The number of nitrogens with zero attached hydrogens (tertiary/aromatic N) is 2. The fraction of sp³-hybridized carbons (Fsp3) is 0.933. The maximum atomic E-state index is 12.7. The molecule has 0 bridgehead atoms. The first-order valence-corrected chi connectivity index (χ1v) is 8.03. The van der Waals surface area contributed by atoms with Gasteiger partial charge in [0.15, 0.2) is 0 Å². The van der Waals surface area contributed by atoms with Crippen molar-refractivity contribution in [3.8, 4) is 0 Å². The molecule has 3 heterocycles. The minimum Gasteiger partial charge on any atom is -0.336 e. The molecule has 0 spiro atoms. The molecule has 0 aromatic carbocycles. The summed E-state index contributed by atoms with van der Waals surface area (Å²) < 4.78 is 0. The van der Waals surface area contributed by atoms with Crippen LogP contribution in [0.5, 0.6) is 0 Å². The molecule has 1 amide bonds. The molecule has 1 N–H and O–H groups in total. The number of hydrogen-bond donors (Lipinski definition) is 1. The smallest absolute Gasteiger partial charge is 0.240 e. The molecule has 4 nitrogen and oxygen atoms in total. The molecule has 3 aliphatic heterocycles. The Morgan fingerprint density at radius 3 is 2.74 bits per heavy atom. The minimum absolute atomic E-state index is 0.0892. The van der Waals surface area contributed by atoms with Crippen LogP contribution >= 0.6 is 0 Å². The van der Waals surface area contributed by atoms with Crippen molar-refractivity contribution in [1.29, 1.82) is 0 Å². The maximum absolute atomic E-state index is 12.7. The molecule has 4 heteroatoms. The Hall–Kier alpha value is -0.610. The average Bonchev–Trinajstić information content (AvgIpc) is 2.47. The molecule has 3 atom stereocenters. The van der Waals surface area contributed by atoms with Gasteiger partial charge in [-0.25, -0.2) is 0 Å². The molecule has 0 saturated carbocycles. The van der Waals surface area contributed by atoms with E-state index in [1.54, 1.807) is 0 Å². The lowest BCUT2D eigenvalue weighted by atomic mass is 9.95. The third-order valence-electron chi connectivity index (χ3n) is 5.08. The van der Waals surface area contributed by atoms with Crippen molar-refractivity contribution in [2.75, 3.05) is 26.2 Å². The van der Waals surface area contributed by atoms with Crippen LogP contribution in [0.4, 0.5) is 0 Å². The average molecular weight is 265 g/mol. The Kier molecular flexibility index (Phi) is 4.08. The lowest BCUT2D eigenvalue weighted by Crippen LogP contribution is -2.63. The van der Waals surface area contributed by atoms with Crippen LogP contribution in [0.1, 0.15) is 45.4 Å². The summed E-state index contributed by atoms with van der Waals surface area (Å²) in [6.45, 7) is 6.49. The summed E-state index contributed by atoms with van der Waals surface area (Å²) in [5, 5.41) is 3.40. The lowest BCUT2D eigenvalue weighted by molar-refractivity contribution is -0.141. The Morgan fingerprint density at radius 2 is 1.95 bits per heavy atom. The van der Waals surface area contributed by atoms with Gasteiger partial charge >= 0.3 is 0 Å². The minimum atomic E-state index is 0.0892. The summed E-state index contributed by atoms with van der Waals surface area (Å²) in [5.74, 6) is 0.359. The molecule has 3 aliphatic rings. The molecule has 0 aliphatic carbocycles. The molecule has 0 aromatic heterocycles. The van der Waals surface area contributed by atoms with E-state index in [0.717, 1.165) is 26.1 Å². The third kappa shape index (κ3) is 2.79. The van der Waals surface area contributed by atoms with Gasteiger partial charge in [-0.2, -0.15) is 0 Å². The van der Waals surface area contributed by atoms with Crippen LogP contribution in [0.15, 0.2) is 0 Å². The van der Waals surface area contributed by atoms with Crippen molar-refractivity contribution in [2.45, 2.75) is 63.6 Å². The van der Waals surface area contributed by atoms with Gasteiger partial charge in [-0.15, -0.1) is 0 Å². The van der Waals surface area contributed by atoms with Crippen LogP contribution in [0, 0.1) is 0 Å². The van der Waals surface area contributed by atoms with Gasteiger partial charge in [-0.1, -0.05) is 12.8 Å². The van der Waals surface area contributed by atoms with Crippen LogP contribution in [0.2, 0.25) is 0 Å². The fourth-order valence-corrected chi connectivity index (χ4v) is 3.92. The van der Waals surface area contributed by atoms with E-state index < -0.39 is 0 Å². The van der Waals surface area contributed by atoms with E-state index in [4.69, 9.17) is 0 Å². The number of rotatable bonds is 1. The molecule has 3 saturated heterocycles. The van der Waals surface area contributed by atoms with Gasteiger partial charge < -0.3 is 10.2 Å². The van der Waals surface area contributed by atoms with Crippen LogP contribution in [-0.4, -0.2) is 60.0 Å². The molecule has 0 aromatic rings. The van der Waals surface area contributed by atoms with Gasteiger partial charge in [0.1, 0.15) is 0 Å². The van der Waals surface area contributed by atoms with Gasteiger partial charge in [0, 0.05) is 25.2 Å². The molecule has 2 unspecified atom stereocenters. The largest absolute Gasteiger partial charge is 0.336 e. The number of amides is 1. The second kappa shape index (κ2) is 5.80. The zero-order chi connectivity index (χ0) is 13.2. The van der Waals surface area contributed by atoms with E-state index in [1.165, 1.54) is 38.6 Å². The topological polar surface area (TPSA) is 35.6 Å². The summed E-state index contributed by atoms with van der Waals surface area (Å²) in [4.78, 5) is 17.4. The van der Waals surface area contributed by atoms with E-state index >= 15 is 0 Å². The Bertz CT molecular complexity index is 327. The first kappa shape index (κ1) is 13.4. The quantitative estimate of drug-likeness (QED) is 0.774. The number of hydrogen-bond acceptors (Lipinski definition) is 3. The zero-order valence-corrected chi connectivity index (χ0v) is 12.1. The number of piperidine rings is 2. The van der Waals surface area contributed by atoms with E-state index in [-0.39, 0.29) is 6.04 Å². The monoisotopic (exact) mass is 265 g/mol. The highest BCUT2D eigenvalue weighted by molar-refractivity contribution is 5.82. The Balaban J connectivity index is 1.64. The summed E-state index contributed by atoms with van der Waals surface area (Å²) in [5.41, 5.74) is 0. The van der Waals surface area contributed by atoms with Crippen molar-refractivity contribution in [2.24, 2.45) is 0 Å². The van der Waals surface area contributed by atoms with Crippen LogP contribution in [0.3, 0.4) is 0 Å². The van der Waals surface area contributed by atoms with E-state index in [9.17, 15) is 4.79 Å². The van der Waals surface area contributed by atoms with E-state index in [2.05, 4.69) is 22.0 Å². The van der Waals surface area contributed by atoms with Crippen molar-refractivity contribution < 1.29 is 4.79 Å². The number of carbonyl (C=O) groups excluding carboxylic acids is 1. The standard InChI is InChI=1S/C15H27N3O/c1-12-10-17-9-5-3-6-13(17)11-18(12)15(19)14-7-2-4-8-16-14/h12-14,16H,2-11H2,1H3/t12?,13?,14-/m1/s1. The van der Waals surface area contributed by atoms with Gasteiger partial charge in [0.05, 0.1) is 6.04 Å². The summed E-state index contributed by atoms with van der Waals surface area (Å²) in [6.07, 6.45) is 7.38. The number of nitrogens with one attached hydrogen (secondary N) is 1. The van der Waals surface area contributed by atoms with Crippen molar-refractivity contribution in [3.05, 3.63) is 0 Å². The van der Waals surface area contributed by atoms with Crippen molar-refractivity contribution >= 4 is 5.91 Å². The third-order valence-corrected chi connectivity index (χ3v) is 5.08. The number of piperazine rings is 1. The van der Waals surface area contributed by atoms with Crippen LogP contribution < -0.4 is 5.32 Å². The number of carbonyl (C=O) groups is 1. The van der Waals surface area contributed by atoms with Gasteiger partial charge in [-0.05, 0) is 45.7 Å². The maximum Gasteiger partial charge on any atom is 0.240 e. The van der Waals surface area contributed by atoms with E-state index in [0.29, 0.717) is 18.0 Å². The first-order chi connectivity index (χ1) is 9.25.